The molecule has 4 heteroatoms. The van der Waals surface area contributed by atoms with E-state index in [0.717, 1.165) is 24.3 Å². The van der Waals surface area contributed by atoms with Crippen LogP contribution in [0.5, 0.6) is 5.75 Å². The topological polar surface area (TPSA) is 47.6 Å². The summed E-state index contributed by atoms with van der Waals surface area (Å²) in [6, 6.07) is 6.60. The zero-order valence-corrected chi connectivity index (χ0v) is 13.6. The summed E-state index contributed by atoms with van der Waals surface area (Å²) in [5, 5.41) is 3.47. The SMILES string of the molecule is CCCNC(C)c1ccc(OCCCC(=O)OC)c(C)c1. The molecule has 1 aromatic rings. The Hall–Kier alpha value is -1.55. The smallest absolute Gasteiger partial charge is 0.305 e. The zero-order valence-electron chi connectivity index (χ0n) is 13.6. The Labute approximate surface area is 127 Å². The molecule has 0 aliphatic rings. The van der Waals surface area contributed by atoms with Crippen LogP contribution in [0.2, 0.25) is 0 Å². The number of carbonyl (C=O) groups is 1. The molecule has 1 unspecified atom stereocenters. The average Bonchev–Trinajstić information content (AvgIpc) is 2.49. The molecule has 0 aromatic heterocycles. The van der Waals surface area contributed by atoms with Gasteiger partial charge in [-0.3, -0.25) is 4.79 Å². The van der Waals surface area contributed by atoms with Crippen LogP contribution in [0.15, 0.2) is 18.2 Å². The highest BCUT2D eigenvalue weighted by molar-refractivity contribution is 5.69. The fraction of sp³-hybridized carbons (Fsp3) is 0.588. The lowest BCUT2D eigenvalue weighted by Gasteiger charge is -2.16. The minimum atomic E-state index is -0.193. The molecular weight excluding hydrogens is 266 g/mol. The van der Waals surface area contributed by atoms with Crippen LogP contribution in [-0.2, 0) is 9.53 Å². The lowest BCUT2D eigenvalue weighted by molar-refractivity contribution is -0.140. The largest absolute Gasteiger partial charge is 0.493 e. The highest BCUT2D eigenvalue weighted by Crippen LogP contribution is 2.23. The number of hydrogen-bond donors (Lipinski definition) is 1. The Morgan fingerprint density at radius 3 is 2.76 bits per heavy atom. The molecule has 1 atom stereocenters. The second-order valence-electron chi connectivity index (χ2n) is 5.23. The molecule has 1 rings (SSSR count). The van der Waals surface area contributed by atoms with Crippen LogP contribution in [0.1, 0.15) is 50.3 Å². The number of rotatable bonds is 9. The Morgan fingerprint density at radius 1 is 1.38 bits per heavy atom. The van der Waals surface area contributed by atoms with Crippen molar-refractivity contribution in [1.29, 1.82) is 0 Å². The molecule has 0 amide bonds. The predicted molar refractivity (Wildman–Crippen MR) is 84.6 cm³/mol. The predicted octanol–water partition coefficient (Wildman–Crippen LogP) is 3.39. The third-order valence-electron chi connectivity index (χ3n) is 3.41. The lowest BCUT2D eigenvalue weighted by atomic mass is 10.0. The Kier molecular flexibility index (Phi) is 7.83. The second kappa shape index (κ2) is 9.40. The summed E-state index contributed by atoms with van der Waals surface area (Å²) >= 11 is 0. The standard InChI is InChI=1S/C17H27NO3/c1-5-10-18-14(3)15-8-9-16(13(2)12-15)21-11-6-7-17(19)20-4/h8-9,12,14,18H,5-7,10-11H2,1-4H3. The number of nitrogens with one attached hydrogen (secondary N) is 1. The van der Waals surface area contributed by atoms with Crippen LogP contribution < -0.4 is 10.1 Å². The summed E-state index contributed by atoms with van der Waals surface area (Å²) in [6.45, 7) is 7.92. The van der Waals surface area contributed by atoms with Crippen molar-refractivity contribution in [2.75, 3.05) is 20.3 Å². The van der Waals surface area contributed by atoms with Crippen LogP contribution in [0.25, 0.3) is 0 Å². The first kappa shape index (κ1) is 17.5. The van der Waals surface area contributed by atoms with Gasteiger partial charge in [0, 0.05) is 12.5 Å². The minimum absolute atomic E-state index is 0.193. The number of methoxy groups -OCH3 is 1. The van der Waals surface area contributed by atoms with E-state index >= 15 is 0 Å². The summed E-state index contributed by atoms with van der Waals surface area (Å²) in [5.74, 6) is 0.688. The number of carbonyl (C=O) groups excluding carboxylic acids is 1. The van der Waals surface area contributed by atoms with Crippen molar-refractivity contribution >= 4 is 5.97 Å². The molecule has 0 fully saturated rings. The van der Waals surface area contributed by atoms with E-state index in [1.165, 1.54) is 12.7 Å². The summed E-state index contributed by atoms with van der Waals surface area (Å²) in [7, 11) is 1.40. The van der Waals surface area contributed by atoms with E-state index in [1.54, 1.807) is 0 Å². The molecule has 0 heterocycles. The van der Waals surface area contributed by atoms with Crippen molar-refractivity contribution in [3.8, 4) is 5.75 Å². The lowest BCUT2D eigenvalue weighted by Crippen LogP contribution is -2.19. The Bertz CT molecular complexity index is 446. The van der Waals surface area contributed by atoms with E-state index < -0.39 is 0 Å². The van der Waals surface area contributed by atoms with Gasteiger partial charge in [0.05, 0.1) is 13.7 Å². The fourth-order valence-electron chi connectivity index (χ4n) is 2.08. The quantitative estimate of drug-likeness (QED) is 0.560. The summed E-state index contributed by atoms with van der Waals surface area (Å²) < 4.78 is 10.3. The number of ether oxygens (including phenoxy) is 2. The van der Waals surface area contributed by atoms with Gasteiger partial charge in [-0.15, -0.1) is 0 Å². The molecule has 21 heavy (non-hydrogen) atoms. The van der Waals surface area contributed by atoms with Gasteiger partial charge in [0.15, 0.2) is 0 Å². The maximum absolute atomic E-state index is 11.0. The summed E-state index contributed by atoms with van der Waals surface area (Å²) in [4.78, 5) is 11.0. The highest BCUT2D eigenvalue weighted by Gasteiger charge is 2.07. The monoisotopic (exact) mass is 293 g/mol. The Balaban J connectivity index is 2.48. The maximum Gasteiger partial charge on any atom is 0.305 e. The first-order valence-corrected chi connectivity index (χ1v) is 7.62. The molecule has 1 N–H and O–H groups in total. The Morgan fingerprint density at radius 2 is 2.14 bits per heavy atom. The number of hydrogen-bond acceptors (Lipinski definition) is 4. The molecule has 1 aromatic carbocycles. The van der Waals surface area contributed by atoms with Crippen LogP contribution in [0.3, 0.4) is 0 Å². The van der Waals surface area contributed by atoms with E-state index in [0.29, 0.717) is 25.5 Å². The molecule has 0 radical (unpaired) electrons. The van der Waals surface area contributed by atoms with Crippen molar-refractivity contribution < 1.29 is 14.3 Å². The van der Waals surface area contributed by atoms with E-state index in [-0.39, 0.29) is 5.97 Å². The number of benzene rings is 1. The van der Waals surface area contributed by atoms with E-state index in [2.05, 4.69) is 36.0 Å². The van der Waals surface area contributed by atoms with Gasteiger partial charge in [0.25, 0.3) is 0 Å². The number of aryl methyl sites for hydroxylation is 1. The van der Waals surface area contributed by atoms with Crippen LogP contribution in [0, 0.1) is 6.92 Å². The highest BCUT2D eigenvalue weighted by atomic mass is 16.5. The molecule has 0 spiro atoms. The molecule has 0 saturated heterocycles. The van der Waals surface area contributed by atoms with Gasteiger partial charge < -0.3 is 14.8 Å². The number of esters is 1. The summed E-state index contributed by atoms with van der Waals surface area (Å²) in [5.41, 5.74) is 2.39. The first-order chi connectivity index (χ1) is 10.1. The van der Waals surface area contributed by atoms with Crippen molar-refractivity contribution in [2.24, 2.45) is 0 Å². The van der Waals surface area contributed by atoms with E-state index in [9.17, 15) is 4.79 Å². The van der Waals surface area contributed by atoms with Gasteiger partial charge in [-0.05, 0) is 50.4 Å². The van der Waals surface area contributed by atoms with Crippen LogP contribution >= 0.6 is 0 Å². The van der Waals surface area contributed by atoms with Gasteiger partial charge in [-0.1, -0.05) is 19.1 Å². The average molecular weight is 293 g/mol. The normalized spacial score (nSPS) is 12.0. The molecule has 4 nitrogen and oxygen atoms in total. The zero-order chi connectivity index (χ0) is 15.7. The molecule has 118 valence electrons. The minimum Gasteiger partial charge on any atom is -0.493 e. The third-order valence-corrected chi connectivity index (χ3v) is 3.41. The fourth-order valence-corrected chi connectivity index (χ4v) is 2.08. The van der Waals surface area contributed by atoms with Crippen molar-refractivity contribution in [1.82, 2.24) is 5.32 Å². The van der Waals surface area contributed by atoms with Gasteiger partial charge in [-0.2, -0.15) is 0 Å². The molecule has 0 bridgehead atoms. The van der Waals surface area contributed by atoms with Gasteiger partial charge in [0.2, 0.25) is 0 Å². The van der Waals surface area contributed by atoms with Crippen LogP contribution in [-0.4, -0.2) is 26.2 Å². The van der Waals surface area contributed by atoms with Gasteiger partial charge in [0.1, 0.15) is 5.75 Å². The molecule has 0 aliphatic heterocycles. The van der Waals surface area contributed by atoms with Gasteiger partial charge in [-0.25, -0.2) is 0 Å². The summed E-state index contributed by atoms with van der Waals surface area (Å²) in [6.07, 6.45) is 2.19. The molecule has 0 aliphatic carbocycles. The van der Waals surface area contributed by atoms with E-state index in [1.807, 2.05) is 13.0 Å². The van der Waals surface area contributed by atoms with Crippen molar-refractivity contribution in [2.45, 2.75) is 46.1 Å². The van der Waals surface area contributed by atoms with Crippen molar-refractivity contribution in [3.05, 3.63) is 29.3 Å². The third kappa shape index (κ3) is 6.17. The van der Waals surface area contributed by atoms with Crippen molar-refractivity contribution in [3.63, 3.8) is 0 Å². The second-order valence-corrected chi connectivity index (χ2v) is 5.23. The van der Waals surface area contributed by atoms with Crippen LogP contribution in [0.4, 0.5) is 0 Å². The maximum atomic E-state index is 11.0. The van der Waals surface area contributed by atoms with Gasteiger partial charge >= 0.3 is 5.97 Å². The molecule has 0 saturated carbocycles. The van der Waals surface area contributed by atoms with E-state index in [4.69, 9.17) is 4.74 Å². The first-order valence-electron chi connectivity index (χ1n) is 7.62. The molecular formula is C17H27NO3.